The molecule has 0 aliphatic heterocycles. The molecule has 0 aromatic heterocycles. The van der Waals surface area contributed by atoms with Crippen molar-refractivity contribution in [2.75, 3.05) is 0 Å². The second-order valence-electron chi connectivity index (χ2n) is 4.51. The summed E-state index contributed by atoms with van der Waals surface area (Å²) in [4.78, 5) is 0.862. The number of hydrogen-bond acceptors (Lipinski definition) is 0. The zero-order valence-electron chi connectivity index (χ0n) is 7.77. The third kappa shape index (κ3) is 1.86. The van der Waals surface area contributed by atoms with E-state index >= 15 is 0 Å². The fourth-order valence-electron chi connectivity index (χ4n) is 3.04. The highest BCUT2D eigenvalue weighted by Gasteiger charge is 2.32. The monoisotopic (exact) mass is 230 g/mol. The van der Waals surface area contributed by atoms with Crippen molar-refractivity contribution in [3.8, 4) is 0 Å². The van der Waals surface area contributed by atoms with Crippen molar-refractivity contribution < 1.29 is 0 Å². The zero-order chi connectivity index (χ0) is 8.39. The van der Waals surface area contributed by atoms with E-state index in [2.05, 4.69) is 15.9 Å². The van der Waals surface area contributed by atoms with E-state index in [0.717, 1.165) is 16.7 Å². The van der Waals surface area contributed by atoms with Gasteiger partial charge in [0.25, 0.3) is 0 Å². The first-order valence-corrected chi connectivity index (χ1v) is 6.43. The third-order valence-corrected chi connectivity index (χ3v) is 4.87. The van der Waals surface area contributed by atoms with Crippen molar-refractivity contribution in [3.63, 3.8) is 0 Å². The van der Waals surface area contributed by atoms with Gasteiger partial charge in [0.2, 0.25) is 0 Å². The maximum absolute atomic E-state index is 3.84. The van der Waals surface area contributed by atoms with Gasteiger partial charge < -0.3 is 0 Å². The van der Waals surface area contributed by atoms with Crippen LogP contribution in [0, 0.1) is 11.8 Å². The van der Waals surface area contributed by atoms with Gasteiger partial charge in [0, 0.05) is 4.83 Å². The lowest BCUT2D eigenvalue weighted by Gasteiger charge is -2.29. The number of hydrogen-bond donors (Lipinski definition) is 0. The van der Waals surface area contributed by atoms with Crippen LogP contribution in [0.25, 0.3) is 0 Å². The van der Waals surface area contributed by atoms with Crippen LogP contribution in [0.3, 0.4) is 0 Å². The van der Waals surface area contributed by atoms with Gasteiger partial charge in [0.1, 0.15) is 0 Å². The maximum Gasteiger partial charge on any atom is 0.0176 e. The molecule has 2 saturated carbocycles. The van der Waals surface area contributed by atoms with Crippen molar-refractivity contribution in [1.82, 2.24) is 0 Å². The van der Waals surface area contributed by atoms with E-state index in [1.165, 1.54) is 51.4 Å². The van der Waals surface area contributed by atoms with E-state index in [9.17, 15) is 0 Å². The Kier molecular flexibility index (Phi) is 3.11. The quantitative estimate of drug-likeness (QED) is 0.595. The molecule has 2 atom stereocenters. The Morgan fingerprint density at radius 1 is 0.750 bits per heavy atom. The molecule has 0 aromatic carbocycles. The molecule has 0 spiro atoms. The Morgan fingerprint density at radius 2 is 1.50 bits per heavy atom. The van der Waals surface area contributed by atoms with Gasteiger partial charge in [-0.15, -0.1) is 0 Å². The van der Waals surface area contributed by atoms with Crippen LogP contribution >= 0.6 is 15.9 Å². The van der Waals surface area contributed by atoms with Crippen LogP contribution in [0.1, 0.15) is 51.4 Å². The van der Waals surface area contributed by atoms with Gasteiger partial charge in [-0.1, -0.05) is 54.5 Å². The molecule has 1 heteroatoms. The fraction of sp³-hybridized carbons (Fsp3) is 1.00. The van der Waals surface area contributed by atoms with Crippen LogP contribution in [-0.2, 0) is 0 Å². The highest BCUT2D eigenvalue weighted by atomic mass is 79.9. The molecule has 0 bridgehead atoms. The molecule has 70 valence electrons. The first-order chi connectivity index (χ1) is 5.88. The molecule has 2 aliphatic carbocycles. The molecule has 12 heavy (non-hydrogen) atoms. The molecule has 0 nitrogen and oxygen atoms in total. The first kappa shape index (κ1) is 9.05. The second-order valence-corrected chi connectivity index (χ2v) is 5.68. The van der Waals surface area contributed by atoms with E-state index < -0.39 is 0 Å². The lowest BCUT2D eigenvalue weighted by molar-refractivity contribution is 0.257. The van der Waals surface area contributed by atoms with Crippen molar-refractivity contribution in [3.05, 3.63) is 0 Å². The summed E-state index contributed by atoms with van der Waals surface area (Å²) in [6.45, 7) is 0. The Labute approximate surface area is 84.2 Å². The molecule has 2 unspecified atom stereocenters. The first-order valence-electron chi connectivity index (χ1n) is 5.52. The van der Waals surface area contributed by atoms with Crippen molar-refractivity contribution in [1.29, 1.82) is 0 Å². The van der Waals surface area contributed by atoms with Gasteiger partial charge in [-0.05, 0) is 24.7 Å². The SMILES string of the molecule is BrC1CCCC1C1CCCCC1. The van der Waals surface area contributed by atoms with E-state index in [0.29, 0.717) is 0 Å². The van der Waals surface area contributed by atoms with Crippen LogP contribution in [0.4, 0.5) is 0 Å². The summed E-state index contributed by atoms with van der Waals surface area (Å²) >= 11 is 3.84. The molecule has 0 heterocycles. The van der Waals surface area contributed by atoms with Gasteiger partial charge >= 0.3 is 0 Å². The van der Waals surface area contributed by atoms with Gasteiger partial charge in [0.15, 0.2) is 0 Å². The summed E-state index contributed by atoms with van der Waals surface area (Å²) in [6.07, 6.45) is 11.9. The predicted octanol–water partition coefficient (Wildman–Crippen LogP) is 4.13. The molecule has 0 radical (unpaired) electrons. The molecule has 2 aliphatic rings. The minimum atomic E-state index is 0.862. The van der Waals surface area contributed by atoms with Gasteiger partial charge in [-0.3, -0.25) is 0 Å². The van der Waals surface area contributed by atoms with E-state index in [1.807, 2.05) is 0 Å². The van der Waals surface area contributed by atoms with Crippen LogP contribution in [0.15, 0.2) is 0 Å². The van der Waals surface area contributed by atoms with Gasteiger partial charge in [-0.2, -0.15) is 0 Å². The summed E-state index contributed by atoms with van der Waals surface area (Å²) < 4.78 is 0. The molecule has 0 N–H and O–H groups in total. The highest BCUT2D eigenvalue weighted by Crippen LogP contribution is 2.42. The molecular formula is C11H19Br. The summed E-state index contributed by atoms with van der Waals surface area (Å²) in [6, 6.07) is 0. The van der Waals surface area contributed by atoms with E-state index in [4.69, 9.17) is 0 Å². The molecular weight excluding hydrogens is 212 g/mol. The molecule has 0 aromatic rings. The Morgan fingerprint density at radius 3 is 2.08 bits per heavy atom. The van der Waals surface area contributed by atoms with E-state index in [-0.39, 0.29) is 0 Å². The van der Waals surface area contributed by atoms with Crippen LogP contribution in [0.2, 0.25) is 0 Å². The van der Waals surface area contributed by atoms with Crippen molar-refractivity contribution in [2.45, 2.75) is 56.2 Å². The van der Waals surface area contributed by atoms with Crippen molar-refractivity contribution in [2.24, 2.45) is 11.8 Å². The minimum absolute atomic E-state index is 0.862. The lowest BCUT2D eigenvalue weighted by Crippen LogP contribution is -2.21. The number of rotatable bonds is 1. The Bertz CT molecular complexity index is 138. The summed E-state index contributed by atoms with van der Waals surface area (Å²) in [5, 5.41) is 0. The normalized spacial score (nSPS) is 38.8. The molecule has 0 amide bonds. The number of alkyl halides is 1. The average molecular weight is 231 g/mol. The predicted molar refractivity (Wildman–Crippen MR) is 56.6 cm³/mol. The van der Waals surface area contributed by atoms with Crippen molar-refractivity contribution >= 4 is 15.9 Å². The molecule has 2 fully saturated rings. The fourth-order valence-corrected chi connectivity index (χ4v) is 4.06. The smallest absolute Gasteiger partial charge is 0.0176 e. The maximum atomic E-state index is 3.84. The lowest BCUT2D eigenvalue weighted by atomic mass is 9.79. The van der Waals surface area contributed by atoms with Crippen LogP contribution in [-0.4, -0.2) is 4.83 Å². The molecule has 0 saturated heterocycles. The number of halogens is 1. The topological polar surface area (TPSA) is 0 Å². The third-order valence-electron chi connectivity index (χ3n) is 3.74. The average Bonchev–Trinajstić information content (AvgIpc) is 2.53. The summed E-state index contributed by atoms with van der Waals surface area (Å²) in [5.74, 6) is 2.11. The largest absolute Gasteiger partial charge is 0.0888 e. The van der Waals surface area contributed by atoms with Gasteiger partial charge in [-0.25, -0.2) is 0 Å². The molecule has 2 rings (SSSR count). The summed E-state index contributed by atoms with van der Waals surface area (Å²) in [7, 11) is 0. The summed E-state index contributed by atoms with van der Waals surface area (Å²) in [5.41, 5.74) is 0. The Balaban J connectivity index is 1.89. The highest BCUT2D eigenvalue weighted by molar-refractivity contribution is 9.09. The minimum Gasteiger partial charge on any atom is -0.0888 e. The Hall–Kier alpha value is 0.480. The van der Waals surface area contributed by atoms with Crippen LogP contribution < -0.4 is 0 Å². The van der Waals surface area contributed by atoms with Crippen LogP contribution in [0.5, 0.6) is 0 Å². The second kappa shape index (κ2) is 4.13. The van der Waals surface area contributed by atoms with E-state index in [1.54, 1.807) is 0 Å². The zero-order valence-corrected chi connectivity index (χ0v) is 9.35. The standard InChI is InChI=1S/C11H19Br/c12-11-8-4-7-10(11)9-5-2-1-3-6-9/h9-11H,1-8H2. The van der Waals surface area contributed by atoms with Gasteiger partial charge in [0.05, 0.1) is 0 Å².